The number of nitrogens with one attached hydrogen (secondary N) is 1. The first-order valence-corrected chi connectivity index (χ1v) is 6.62. The number of hydrogen-bond acceptors (Lipinski definition) is 3. The number of carbonyl (C=O) groups excluding carboxylic acids is 1. The summed E-state index contributed by atoms with van der Waals surface area (Å²) in [5.41, 5.74) is 5.86. The number of rotatable bonds is 4. The van der Waals surface area contributed by atoms with Crippen LogP contribution in [0.3, 0.4) is 0 Å². The van der Waals surface area contributed by atoms with Crippen LogP contribution in [0.2, 0.25) is 0 Å². The van der Waals surface area contributed by atoms with Gasteiger partial charge >= 0.3 is 0 Å². The van der Waals surface area contributed by atoms with Crippen molar-refractivity contribution in [1.82, 2.24) is 14.9 Å². The predicted octanol–water partition coefficient (Wildman–Crippen LogP) is 0.907. The van der Waals surface area contributed by atoms with Gasteiger partial charge in [0.25, 0.3) is 0 Å². The van der Waals surface area contributed by atoms with Crippen LogP contribution in [0.4, 0.5) is 0 Å². The summed E-state index contributed by atoms with van der Waals surface area (Å²) in [6, 6.07) is 0. The van der Waals surface area contributed by atoms with Crippen molar-refractivity contribution >= 4 is 5.91 Å². The summed E-state index contributed by atoms with van der Waals surface area (Å²) in [7, 11) is 0. The lowest BCUT2D eigenvalue weighted by molar-refractivity contribution is -0.128. The van der Waals surface area contributed by atoms with Gasteiger partial charge in [0.2, 0.25) is 5.91 Å². The average Bonchev–Trinajstić information content (AvgIpc) is 2.81. The van der Waals surface area contributed by atoms with Gasteiger partial charge in [-0.25, -0.2) is 4.98 Å². The van der Waals surface area contributed by atoms with Crippen molar-refractivity contribution in [1.29, 1.82) is 0 Å². The summed E-state index contributed by atoms with van der Waals surface area (Å²) in [5, 5.41) is 2.98. The molecule has 2 atom stereocenters. The minimum Gasteiger partial charge on any atom is -0.354 e. The highest BCUT2D eigenvalue weighted by Gasteiger charge is 2.37. The first kappa shape index (κ1) is 13.1. The normalized spacial score (nSPS) is 28.0. The van der Waals surface area contributed by atoms with E-state index < -0.39 is 0 Å². The van der Waals surface area contributed by atoms with Gasteiger partial charge < -0.3 is 15.6 Å². The zero-order valence-corrected chi connectivity index (χ0v) is 10.9. The molecule has 0 aliphatic heterocycles. The van der Waals surface area contributed by atoms with Crippen LogP contribution >= 0.6 is 0 Å². The fourth-order valence-corrected chi connectivity index (χ4v) is 2.64. The van der Waals surface area contributed by atoms with E-state index in [1.54, 1.807) is 12.5 Å². The number of nitrogens with two attached hydrogens (primary N) is 1. The summed E-state index contributed by atoms with van der Waals surface area (Å²) >= 11 is 0. The molecule has 0 radical (unpaired) electrons. The molecule has 1 amide bonds. The van der Waals surface area contributed by atoms with Crippen LogP contribution in [0.15, 0.2) is 18.7 Å². The first-order chi connectivity index (χ1) is 8.59. The topological polar surface area (TPSA) is 72.9 Å². The smallest absolute Gasteiger partial charge is 0.225 e. The van der Waals surface area contributed by atoms with Crippen molar-refractivity contribution in [3.8, 4) is 0 Å². The molecule has 2 rings (SSSR count). The maximum atomic E-state index is 12.1. The summed E-state index contributed by atoms with van der Waals surface area (Å²) < 4.78 is 1.95. The largest absolute Gasteiger partial charge is 0.354 e. The Bertz CT molecular complexity index is 386. The third-order valence-corrected chi connectivity index (χ3v) is 3.80. The Balaban J connectivity index is 1.80. The Morgan fingerprint density at radius 2 is 2.44 bits per heavy atom. The van der Waals surface area contributed by atoms with Crippen LogP contribution in [0.1, 0.15) is 32.6 Å². The van der Waals surface area contributed by atoms with Crippen LogP contribution in [0, 0.1) is 5.92 Å². The highest BCUT2D eigenvalue weighted by Crippen LogP contribution is 2.31. The zero-order chi connectivity index (χ0) is 13.0. The molecule has 3 N–H and O–H groups in total. The molecule has 0 bridgehead atoms. The predicted molar refractivity (Wildman–Crippen MR) is 69.8 cm³/mol. The molecular formula is C13H22N4O. The van der Waals surface area contributed by atoms with Crippen molar-refractivity contribution in [3.63, 3.8) is 0 Å². The van der Waals surface area contributed by atoms with E-state index >= 15 is 0 Å². The highest BCUT2D eigenvalue weighted by molar-refractivity contribution is 5.80. The lowest BCUT2D eigenvalue weighted by Gasteiger charge is -2.37. The second kappa shape index (κ2) is 5.52. The fourth-order valence-electron chi connectivity index (χ4n) is 2.64. The van der Waals surface area contributed by atoms with Crippen molar-refractivity contribution in [2.75, 3.05) is 6.54 Å². The first-order valence-electron chi connectivity index (χ1n) is 6.62. The van der Waals surface area contributed by atoms with Crippen molar-refractivity contribution < 1.29 is 4.79 Å². The molecule has 1 fully saturated rings. The quantitative estimate of drug-likeness (QED) is 0.834. The van der Waals surface area contributed by atoms with E-state index in [-0.39, 0.29) is 17.4 Å². The van der Waals surface area contributed by atoms with E-state index in [1.807, 2.05) is 17.7 Å². The molecular weight excluding hydrogens is 228 g/mol. The molecule has 18 heavy (non-hydrogen) atoms. The summed E-state index contributed by atoms with van der Waals surface area (Å²) in [6.45, 7) is 3.37. The van der Waals surface area contributed by atoms with Gasteiger partial charge in [-0.05, 0) is 19.8 Å². The van der Waals surface area contributed by atoms with Crippen LogP contribution in [-0.2, 0) is 11.3 Å². The second-order valence-corrected chi connectivity index (χ2v) is 5.40. The molecule has 5 nitrogen and oxygen atoms in total. The molecule has 1 saturated carbocycles. The summed E-state index contributed by atoms with van der Waals surface area (Å²) in [5.74, 6) is 0.0499. The zero-order valence-electron chi connectivity index (χ0n) is 10.9. The van der Waals surface area contributed by atoms with E-state index in [2.05, 4.69) is 10.3 Å². The standard InChI is InChI=1S/C13H22N4O/c1-13(14)5-3-2-4-11(13)12(18)16-7-9-17-8-6-15-10-17/h6,8,10-11H,2-5,7,9,14H2,1H3,(H,16,18). The van der Waals surface area contributed by atoms with Crippen molar-refractivity contribution in [2.45, 2.75) is 44.7 Å². The van der Waals surface area contributed by atoms with Crippen LogP contribution in [0.5, 0.6) is 0 Å². The van der Waals surface area contributed by atoms with Crippen molar-refractivity contribution in [3.05, 3.63) is 18.7 Å². The van der Waals surface area contributed by atoms with Gasteiger partial charge in [-0.1, -0.05) is 12.8 Å². The second-order valence-electron chi connectivity index (χ2n) is 5.40. The lowest BCUT2D eigenvalue weighted by Crippen LogP contribution is -2.53. The third kappa shape index (κ3) is 3.10. The molecule has 1 aromatic rings. The Labute approximate surface area is 108 Å². The Morgan fingerprint density at radius 1 is 1.61 bits per heavy atom. The van der Waals surface area contributed by atoms with E-state index in [1.165, 1.54) is 0 Å². The number of nitrogens with zero attached hydrogens (tertiary/aromatic N) is 2. The van der Waals surface area contributed by atoms with Crippen LogP contribution in [0.25, 0.3) is 0 Å². The van der Waals surface area contributed by atoms with Gasteiger partial charge in [-0.2, -0.15) is 0 Å². The summed E-state index contributed by atoms with van der Waals surface area (Å²) in [6.07, 6.45) is 9.45. The van der Waals surface area contributed by atoms with E-state index in [0.29, 0.717) is 6.54 Å². The van der Waals surface area contributed by atoms with E-state index in [4.69, 9.17) is 5.73 Å². The van der Waals surface area contributed by atoms with E-state index in [0.717, 1.165) is 32.2 Å². The molecule has 0 saturated heterocycles. The number of carbonyl (C=O) groups is 1. The lowest BCUT2D eigenvalue weighted by atomic mass is 9.74. The Morgan fingerprint density at radius 3 is 3.11 bits per heavy atom. The molecule has 100 valence electrons. The molecule has 5 heteroatoms. The fraction of sp³-hybridized carbons (Fsp3) is 0.692. The molecule has 1 aromatic heterocycles. The Hall–Kier alpha value is -1.36. The van der Waals surface area contributed by atoms with Gasteiger partial charge in [0.1, 0.15) is 0 Å². The SMILES string of the molecule is CC1(N)CCCCC1C(=O)NCCn1ccnc1. The number of amides is 1. The van der Waals surface area contributed by atoms with Gasteiger partial charge in [-0.15, -0.1) is 0 Å². The number of hydrogen-bond donors (Lipinski definition) is 2. The monoisotopic (exact) mass is 250 g/mol. The molecule has 0 aromatic carbocycles. The average molecular weight is 250 g/mol. The number of imidazole rings is 1. The minimum atomic E-state index is -0.350. The van der Waals surface area contributed by atoms with Crippen molar-refractivity contribution in [2.24, 2.45) is 11.7 Å². The van der Waals surface area contributed by atoms with Crippen LogP contribution in [-0.4, -0.2) is 27.5 Å². The van der Waals surface area contributed by atoms with Gasteiger partial charge in [0.05, 0.1) is 12.2 Å². The van der Waals surface area contributed by atoms with Gasteiger partial charge in [-0.3, -0.25) is 4.79 Å². The summed E-state index contributed by atoms with van der Waals surface area (Å²) in [4.78, 5) is 16.1. The maximum Gasteiger partial charge on any atom is 0.225 e. The van der Waals surface area contributed by atoms with E-state index in [9.17, 15) is 4.79 Å². The molecule has 0 spiro atoms. The third-order valence-electron chi connectivity index (χ3n) is 3.80. The number of aromatic nitrogens is 2. The minimum absolute atomic E-state index is 0.0472. The molecule has 1 heterocycles. The van der Waals surface area contributed by atoms with Crippen LogP contribution < -0.4 is 11.1 Å². The Kier molecular flexibility index (Phi) is 4.01. The molecule has 2 unspecified atom stereocenters. The highest BCUT2D eigenvalue weighted by atomic mass is 16.1. The maximum absolute atomic E-state index is 12.1. The molecule has 1 aliphatic rings. The van der Waals surface area contributed by atoms with Gasteiger partial charge in [0.15, 0.2) is 0 Å². The molecule has 1 aliphatic carbocycles. The van der Waals surface area contributed by atoms with Gasteiger partial charge in [0, 0.05) is 31.0 Å².